The van der Waals surface area contributed by atoms with Gasteiger partial charge < -0.3 is 14.4 Å². The van der Waals surface area contributed by atoms with Gasteiger partial charge in [-0.3, -0.25) is 0 Å². The summed E-state index contributed by atoms with van der Waals surface area (Å²) < 4.78 is 38.9. The number of rotatable bonds is 6. The number of alkyl halides is 2. The van der Waals surface area contributed by atoms with Gasteiger partial charge in [0, 0.05) is 6.42 Å². The molecule has 150 valence electrons. The van der Waals surface area contributed by atoms with Crippen molar-refractivity contribution in [2.75, 3.05) is 31.2 Å². The van der Waals surface area contributed by atoms with E-state index in [1.165, 1.54) is 30.1 Å². The molecule has 2 bridgehead atoms. The third kappa shape index (κ3) is 2.62. The topological polar surface area (TPSA) is 65.3 Å². The van der Waals surface area contributed by atoms with Gasteiger partial charge in [-0.05, 0) is 30.6 Å². The summed E-state index contributed by atoms with van der Waals surface area (Å²) >= 11 is 0. The zero-order valence-electron chi connectivity index (χ0n) is 15.6. The minimum Gasteiger partial charge on any atom is -0.375 e. The van der Waals surface area contributed by atoms with Gasteiger partial charge in [-0.25, -0.2) is 23.4 Å². The molecule has 5 aliphatic rings. The highest BCUT2D eigenvalue weighted by Crippen LogP contribution is 2.64. The van der Waals surface area contributed by atoms with Crippen molar-refractivity contribution in [1.29, 1.82) is 0 Å². The van der Waals surface area contributed by atoms with Crippen molar-refractivity contribution in [3.63, 3.8) is 0 Å². The molecule has 2 aromatic rings. The smallest absolute Gasteiger partial charge is 0.258 e. The van der Waals surface area contributed by atoms with Crippen LogP contribution in [0.2, 0.25) is 0 Å². The molecule has 28 heavy (non-hydrogen) atoms. The number of aromatic nitrogens is 4. The van der Waals surface area contributed by atoms with Crippen molar-refractivity contribution in [2.45, 2.75) is 50.4 Å². The molecular weight excluding hydrogens is 368 g/mol. The zero-order valence-corrected chi connectivity index (χ0v) is 15.6. The van der Waals surface area contributed by atoms with Crippen LogP contribution in [-0.2, 0) is 16.0 Å². The van der Waals surface area contributed by atoms with Crippen molar-refractivity contribution < 1.29 is 18.3 Å². The summed E-state index contributed by atoms with van der Waals surface area (Å²) in [5.41, 5.74) is 1.24. The van der Waals surface area contributed by atoms with Crippen LogP contribution >= 0.6 is 0 Å². The normalized spacial score (nSPS) is 32.6. The van der Waals surface area contributed by atoms with Crippen LogP contribution in [0.4, 0.5) is 14.6 Å². The zero-order chi connectivity index (χ0) is 18.9. The fraction of sp³-hybridized carbons (Fsp3) is 0.737. The fourth-order valence-corrected chi connectivity index (χ4v) is 5.33. The van der Waals surface area contributed by atoms with Crippen molar-refractivity contribution >= 4 is 17.0 Å². The molecule has 5 fully saturated rings. The van der Waals surface area contributed by atoms with E-state index in [1.807, 2.05) is 0 Å². The Bertz CT molecular complexity index is 896. The summed E-state index contributed by atoms with van der Waals surface area (Å²) in [4.78, 5) is 10.9. The van der Waals surface area contributed by atoms with E-state index in [9.17, 15) is 8.78 Å². The Morgan fingerprint density at radius 3 is 2.75 bits per heavy atom. The average Bonchev–Trinajstić information content (AvgIpc) is 3.15. The van der Waals surface area contributed by atoms with Gasteiger partial charge in [0.25, 0.3) is 6.43 Å². The van der Waals surface area contributed by atoms with Crippen LogP contribution in [0.25, 0.3) is 11.2 Å². The van der Waals surface area contributed by atoms with E-state index in [4.69, 9.17) is 9.47 Å². The van der Waals surface area contributed by atoms with Gasteiger partial charge in [0.15, 0.2) is 5.65 Å². The van der Waals surface area contributed by atoms with E-state index in [0.717, 1.165) is 32.0 Å². The maximum Gasteiger partial charge on any atom is 0.258 e. The molecule has 4 heterocycles. The number of nitrogens with zero attached hydrogens (tertiary/aromatic N) is 5. The van der Waals surface area contributed by atoms with Crippen LogP contribution in [0.15, 0.2) is 12.4 Å². The monoisotopic (exact) mass is 391 g/mol. The molecule has 7 nitrogen and oxygen atoms in total. The molecule has 1 unspecified atom stereocenters. The molecule has 0 N–H and O–H groups in total. The molecule has 0 amide bonds. The standard InChI is InChI=1S/C19H23F2N5O2/c20-15(21)7-26-17-14(5-23-26)22-6-16(24-17)25-9-19(10-25)4-13(8-28-19)27-11-18-1-12(2-18)3-18/h5-6,12-13,15H,1-4,7-11H2. The number of fused-ring (bicyclic) bond motifs is 1. The molecule has 2 aromatic heterocycles. The number of anilines is 1. The maximum atomic E-state index is 12.7. The third-order valence-corrected chi connectivity index (χ3v) is 6.89. The number of hydrogen-bond donors (Lipinski definition) is 0. The van der Waals surface area contributed by atoms with Gasteiger partial charge in [0.2, 0.25) is 0 Å². The first-order valence-electron chi connectivity index (χ1n) is 9.99. The Morgan fingerprint density at radius 1 is 1.21 bits per heavy atom. The van der Waals surface area contributed by atoms with Crippen molar-refractivity contribution in [3.8, 4) is 0 Å². The summed E-state index contributed by atoms with van der Waals surface area (Å²) in [5, 5.41) is 3.97. The highest BCUT2D eigenvalue weighted by atomic mass is 19.3. The van der Waals surface area contributed by atoms with E-state index in [-0.39, 0.29) is 11.7 Å². The molecule has 3 saturated carbocycles. The molecule has 2 saturated heterocycles. The summed E-state index contributed by atoms with van der Waals surface area (Å²) in [6, 6.07) is 0. The number of hydrogen-bond acceptors (Lipinski definition) is 6. The van der Waals surface area contributed by atoms with Crippen molar-refractivity contribution in [3.05, 3.63) is 12.4 Å². The van der Waals surface area contributed by atoms with E-state index in [2.05, 4.69) is 20.0 Å². The van der Waals surface area contributed by atoms with E-state index in [1.54, 1.807) is 6.20 Å². The van der Waals surface area contributed by atoms with Crippen LogP contribution in [0.3, 0.4) is 0 Å². The fourth-order valence-electron chi connectivity index (χ4n) is 5.33. The average molecular weight is 391 g/mol. The lowest BCUT2D eigenvalue weighted by molar-refractivity contribution is -0.165. The Morgan fingerprint density at radius 2 is 2.04 bits per heavy atom. The molecule has 0 radical (unpaired) electrons. The van der Waals surface area contributed by atoms with Gasteiger partial charge in [-0.1, -0.05) is 0 Å². The number of halogens is 2. The minimum absolute atomic E-state index is 0.177. The minimum atomic E-state index is -2.48. The maximum absolute atomic E-state index is 12.7. The predicted octanol–water partition coefficient (Wildman–Crippen LogP) is 2.26. The summed E-state index contributed by atoms with van der Waals surface area (Å²) in [5.74, 6) is 1.65. The Kier molecular flexibility index (Phi) is 3.54. The highest BCUT2D eigenvalue weighted by Gasteiger charge is 2.57. The quantitative estimate of drug-likeness (QED) is 0.753. The van der Waals surface area contributed by atoms with Gasteiger partial charge in [0.05, 0.1) is 44.8 Å². The second kappa shape index (κ2) is 5.82. The van der Waals surface area contributed by atoms with Gasteiger partial charge in [-0.2, -0.15) is 5.10 Å². The molecule has 3 aliphatic carbocycles. The molecule has 7 rings (SSSR count). The number of ether oxygens (including phenoxy) is 2. The lowest BCUT2D eigenvalue weighted by Crippen LogP contribution is -2.62. The molecular formula is C19H23F2N5O2. The first-order valence-corrected chi connectivity index (χ1v) is 9.99. The molecule has 1 atom stereocenters. The molecule has 1 spiro atoms. The van der Waals surface area contributed by atoms with Crippen LogP contribution in [0, 0.1) is 11.3 Å². The first kappa shape index (κ1) is 17.0. The SMILES string of the molecule is FC(F)Cn1ncc2ncc(N3CC4(CC(OCC56CC(C5)C6)CO4)C3)nc21. The lowest BCUT2D eigenvalue weighted by Gasteiger charge is -2.61. The van der Waals surface area contributed by atoms with Crippen molar-refractivity contribution in [2.24, 2.45) is 11.3 Å². The summed E-state index contributed by atoms with van der Waals surface area (Å²) in [7, 11) is 0. The van der Waals surface area contributed by atoms with Crippen LogP contribution in [-0.4, -0.2) is 64.2 Å². The van der Waals surface area contributed by atoms with E-state index < -0.39 is 13.0 Å². The first-order chi connectivity index (χ1) is 13.5. The molecule has 0 aromatic carbocycles. The highest BCUT2D eigenvalue weighted by molar-refractivity contribution is 5.71. The largest absolute Gasteiger partial charge is 0.375 e. The van der Waals surface area contributed by atoms with Crippen LogP contribution in [0.5, 0.6) is 0 Å². The van der Waals surface area contributed by atoms with Gasteiger partial charge in [-0.15, -0.1) is 0 Å². The van der Waals surface area contributed by atoms with Crippen molar-refractivity contribution in [1.82, 2.24) is 19.7 Å². The molecule has 2 aliphatic heterocycles. The van der Waals surface area contributed by atoms with Gasteiger partial charge >= 0.3 is 0 Å². The summed E-state index contributed by atoms with van der Waals surface area (Å²) in [6.45, 7) is 2.51. The van der Waals surface area contributed by atoms with Crippen LogP contribution < -0.4 is 4.90 Å². The predicted molar refractivity (Wildman–Crippen MR) is 96.4 cm³/mol. The summed E-state index contributed by atoms with van der Waals surface area (Å²) in [6.07, 6.45) is 5.80. The van der Waals surface area contributed by atoms with Crippen LogP contribution in [0.1, 0.15) is 25.7 Å². The Hall–Kier alpha value is -1.87. The third-order valence-electron chi connectivity index (χ3n) is 6.89. The second-order valence-corrected chi connectivity index (χ2v) is 9.12. The van der Waals surface area contributed by atoms with Gasteiger partial charge in [0.1, 0.15) is 23.5 Å². The lowest BCUT2D eigenvalue weighted by atomic mass is 9.45. The van der Waals surface area contributed by atoms with E-state index in [0.29, 0.717) is 29.0 Å². The van der Waals surface area contributed by atoms with E-state index >= 15 is 0 Å². The Balaban J connectivity index is 1.09. The Labute approximate surface area is 161 Å². The second-order valence-electron chi connectivity index (χ2n) is 9.12. The molecule has 9 heteroatoms.